The van der Waals surface area contributed by atoms with Crippen molar-refractivity contribution in [1.29, 1.82) is 0 Å². The van der Waals surface area contributed by atoms with Gasteiger partial charge in [-0.05, 0) is 30.2 Å². The molecule has 1 aromatic rings. The Hall–Kier alpha value is -1.24. The molecular weight excluding hydrogens is 250 g/mol. The van der Waals surface area contributed by atoms with Crippen LogP contribution in [0.1, 0.15) is 22.3 Å². The number of aryl methyl sites for hydroxylation is 1. The van der Waals surface area contributed by atoms with E-state index >= 15 is 0 Å². The van der Waals surface area contributed by atoms with Gasteiger partial charge < -0.3 is 5.11 Å². The van der Waals surface area contributed by atoms with Crippen molar-refractivity contribution in [2.75, 3.05) is 0 Å². The molecular formula is C10H8F6O. The fourth-order valence-electron chi connectivity index (χ4n) is 1.39. The Kier molecular flexibility index (Phi) is 3.42. The summed E-state index contributed by atoms with van der Waals surface area (Å²) >= 11 is 0. The lowest BCUT2D eigenvalue weighted by atomic mass is 9.98. The fraction of sp³-hybridized carbons (Fsp3) is 0.400. The highest BCUT2D eigenvalue weighted by molar-refractivity contribution is 5.40. The molecule has 0 heterocycles. The summed E-state index contributed by atoms with van der Waals surface area (Å²) in [6.07, 6.45) is -10.2. The first-order chi connectivity index (χ1) is 7.57. The van der Waals surface area contributed by atoms with E-state index in [0.717, 1.165) is 0 Å². The molecule has 96 valence electrons. The normalized spacial score (nSPS) is 12.9. The second-order valence-corrected chi connectivity index (χ2v) is 3.48. The summed E-state index contributed by atoms with van der Waals surface area (Å²) in [5.41, 5.74) is -3.72. The van der Waals surface area contributed by atoms with Crippen LogP contribution in [0.5, 0.6) is 0 Å². The number of hydrogen-bond donors (Lipinski definition) is 1. The number of hydrogen-bond acceptors (Lipinski definition) is 1. The molecule has 0 aliphatic rings. The lowest BCUT2D eigenvalue weighted by Gasteiger charge is -2.17. The van der Waals surface area contributed by atoms with Crippen LogP contribution in [-0.4, -0.2) is 5.11 Å². The number of alkyl halides is 6. The van der Waals surface area contributed by atoms with Gasteiger partial charge in [0.1, 0.15) is 0 Å². The summed E-state index contributed by atoms with van der Waals surface area (Å²) in [6.45, 7) is 0.466. The van der Waals surface area contributed by atoms with Gasteiger partial charge >= 0.3 is 12.4 Å². The zero-order valence-electron chi connectivity index (χ0n) is 8.58. The molecule has 17 heavy (non-hydrogen) atoms. The van der Waals surface area contributed by atoms with Crippen LogP contribution in [0.4, 0.5) is 26.3 Å². The topological polar surface area (TPSA) is 20.2 Å². The van der Waals surface area contributed by atoms with E-state index in [0.29, 0.717) is 12.1 Å². The lowest BCUT2D eigenvalue weighted by Crippen LogP contribution is -2.17. The van der Waals surface area contributed by atoms with Crippen LogP contribution in [0.25, 0.3) is 0 Å². The summed E-state index contributed by atoms with van der Waals surface area (Å²) in [5.74, 6) is 0. The fourth-order valence-corrected chi connectivity index (χ4v) is 1.39. The average Bonchev–Trinajstić information content (AvgIpc) is 2.14. The first-order valence-corrected chi connectivity index (χ1v) is 4.46. The Morgan fingerprint density at radius 1 is 0.941 bits per heavy atom. The van der Waals surface area contributed by atoms with Crippen molar-refractivity contribution in [2.45, 2.75) is 25.9 Å². The second-order valence-electron chi connectivity index (χ2n) is 3.48. The minimum absolute atomic E-state index is 0.0344. The molecule has 1 nitrogen and oxygen atoms in total. The number of halogens is 6. The van der Waals surface area contributed by atoms with Crippen molar-refractivity contribution < 1.29 is 31.4 Å². The van der Waals surface area contributed by atoms with Crippen molar-refractivity contribution in [3.8, 4) is 0 Å². The predicted octanol–water partition coefficient (Wildman–Crippen LogP) is 3.52. The highest BCUT2D eigenvalue weighted by Gasteiger charge is 2.43. The van der Waals surface area contributed by atoms with Gasteiger partial charge in [-0.1, -0.05) is 0 Å². The van der Waals surface area contributed by atoms with Crippen LogP contribution in [0, 0.1) is 6.92 Å². The number of aliphatic hydroxyl groups is 1. The van der Waals surface area contributed by atoms with Gasteiger partial charge in [0, 0.05) is 0 Å². The molecule has 0 amide bonds. The largest absolute Gasteiger partial charge is 0.417 e. The lowest BCUT2D eigenvalue weighted by molar-refractivity contribution is -0.162. The third-order valence-corrected chi connectivity index (χ3v) is 2.26. The first-order valence-electron chi connectivity index (χ1n) is 4.46. The minimum Gasteiger partial charge on any atom is -0.392 e. The van der Waals surface area contributed by atoms with Crippen molar-refractivity contribution in [1.82, 2.24) is 0 Å². The highest BCUT2D eigenvalue weighted by Crippen LogP contribution is 2.41. The Bertz CT molecular complexity index is 418. The SMILES string of the molecule is Cc1cc(C(F)(F)F)c(C(F)(F)F)cc1CO. The summed E-state index contributed by atoms with van der Waals surface area (Å²) in [6, 6.07) is 0.729. The van der Waals surface area contributed by atoms with E-state index in [-0.39, 0.29) is 11.1 Å². The van der Waals surface area contributed by atoms with Gasteiger partial charge in [0.2, 0.25) is 0 Å². The third kappa shape index (κ3) is 2.91. The smallest absolute Gasteiger partial charge is 0.392 e. The molecule has 0 bridgehead atoms. The third-order valence-electron chi connectivity index (χ3n) is 2.26. The highest BCUT2D eigenvalue weighted by atomic mass is 19.4. The van der Waals surface area contributed by atoms with Crippen molar-refractivity contribution >= 4 is 0 Å². The maximum absolute atomic E-state index is 12.4. The van der Waals surface area contributed by atoms with Crippen LogP contribution in [-0.2, 0) is 19.0 Å². The monoisotopic (exact) mass is 258 g/mol. The number of benzene rings is 1. The molecule has 0 spiro atoms. The van der Waals surface area contributed by atoms with E-state index in [4.69, 9.17) is 5.11 Å². The Morgan fingerprint density at radius 3 is 1.71 bits per heavy atom. The molecule has 0 aliphatic carbocycles. The molecule has 1 aromatic carbocycles. The summed E-state index contributed by atoms with van der Waals surface area (Å²) in [7, 11) is 0. The molecule has 0 atom stereocenters. The van der Waals surface area contributed by atoms with Crippen LogP contribution in [0.15, 0.2) is 12.1 Å². The molecule has 0 aliphatic heterocycles. The molecule has 0 saturated carbocycles. The summed E-state index contributed by atoms with van der Waals surface area (Å²) in [5, 5.41) is 8.75. The quantitative estimate of drug-likeness (QED) is 0.764. The van der Waals surface area contributed by atoms with Gasteiger partial charge in [0.25, 0.3) is 0 Å². The van der Waals surface area contributed by atoms with Gasteiger partial charge in [-0.3, -0.25) is 0 Å². The Morgan fingerprint density at radius 2 is 1.35 bits per heavy atom. The van der Waals surface area contributed by atoms with Gasteiger partial charge in [-0.2, -0.15) is 26.3 Å². The van der Waals surface area contributed by atoms with Gasteiger partial charge in [0.15, 0.2) is 0 Å². The van der Waals surface area contributed by atoms with Crippen molar-refractivity contribution in [3.63, 3.8) is 0 Å². The molecule has 7 heteroatoms. The Balaban J connectivity index is 3.54. The molecule has 1 rings (SSSR count). The van der Waals surface area contributed by atoms with Crippen molar-refractivity contribution in [2.24, 2.45) is 0 Å². The first kappa shape index (κ1) is 13.8. The van der Waals surface area contributed by atoms with Gasteiger partial charge in [0.05, 0.1) is 17.7 Å². The molecule has 0 saturated heterocycles. The van der Waals surface area contributed by atoms with E-state index in [1.807, 2.05) is 0 Å². The molecule has 1 N–H and O–H groups in total. The van der Waals surface area contributed by atoms with E-state index in [1.54, 1.807) is 0 Å². The van der Waals surface area contributed by atoms with E-state index in [1.165, 1.54) is 6.92 Å². The zero-order chi connectivity index (χ0) is 13.4. The standard InChI is InChI=1S/C10H8F6O/c1-5-2-7(9(11,12)13)8(10(14,15)16)3-6(5)4-17/h2-3,17H,4H2,1H3. The second kappa shape index (κ2) is 4.21. The Labute approximate surface area is 92.7 Å². The van der Waals surface area contributed by atoms with Crippen LogP contribution >= 0.6 is 0 Å². The predicted molar refractivity (Wildman–Crippen MR) is 47.1 cm³/mol. The van der Waals surface area contributed by atoms with E-state index in [9.17, 15) is 26.3 Å². The zero-order valence-corrected chi connectivity index (χ0v) is 8.58. The van der Waals surface area contributed by atoms with Gasteiger partial charge in [-0.25, -0.2) is 0 Å². The van der Waals surface area contributed by atoms with Gasteiger partial charge in [-0.15, -0.1) is 0 Å². The van der Waals surface area contributed by atoms with Crippen LogP contribution in [0.3, 0.4) is 0 Å². The minimum atomic E-state index is -5.11. The maximum atomic E-state index is 12.4. The number of aliphatic hydroxyl groups excluding tert-OH is 1. The molecule has 0 unspecified atom stereocenters. The van der Waals surface area contributed by atoms with Crippen LogP contribution in [0.2, 0.25) is 0 Å². The molecule has 0 fully saturated rings. The van der Waals surface area contributed by atoms with Crippen LogP contribution < -0.4 is 0 Å². The van der Waals surface area contributed by atoms with E-state index < -0.39 is 30.1 Å². The summed E-state index contributed by atoms with van der Waals surface area (Å²) in [4.78, 5) is 0. The maximum Gasteiger partial charge on any atom is 0.417 e. The van der Waals surface area contributed by atoms with E-state index in [2.05, 4.69) is 0 Å². The molecule has 0 aromatic heterocycles. The average molecular weight is 258 g/mol. The summed E-state index contributed by atoms with van der Waals surface area (Å²) < 4.78 is 74.6. The number of rotatable bonds is 1. The van der Waals surface area contributed by atoms with Crippen molar-refractivity contribution in [3.05, 3.63) is 34.4 Å². The molecule has 0 radical (unpaired) electrons.